The molecule has 0 spiro atoms. The molecule has 1 saturated heterocycles. The second kappa shape index (κ2) is 4.22. The molecular formula is C11H21NS. The van der Waals surface area contributed by atoms with Gasteiger partial charge in [-0.05, 0) is 31.6 Å². The SMILES string of the molecule is CCC1CSC2CC(C)CCC2N1. The van der Waals surface area contributed by atoms with Crippen LogP contribution in [-0.4, -0.2) is 23.1 Å². The fraction of sp³-hybridized carbons (Fsp3) is 1.00. The number of nitrogens with one attached hydrogen (secondary N) is 1. The lowest BCUT2D eigenvalue weighted by atomic mass is 9.86. The number of rotatable bonds is 1. The molecule has 0 amide bonds. The van der Waals surface area contributed by atoms with Gasteiger partial charge in [-0.1, -0.05) is 13.8 Å². The zero-order chi connectivity index (χ0) is 9.26. The summed E-state index contributed by atoms with van der Waals surface area (Å²) in [5.41, 5.74) is 0. The summed E-state index contributed by atoms with van der Waals surface area (Å²) in [7, 11) is 0. The zero-order valence-corrected chi connectivity index (χ0v) is 9.57. The van der Waals surface area contributed by atoms with Crippen LogP contribution in [0.5, 0.6) is 0 Å². The minimum Gasteiger partial charge on any atom is -0.309 e. The molecule has 1 aliphatic carbocycles. The normalized spacial score (nSPS) is 45.7. The molecule has 0 aromatic heterocycles. The van der Waals surface area contributed by atoms with Crippen molar-refractivity contribution < 1.29 is 0 Å². The quantitative estimate of drug-likeness (QED) is 0.697. The summed E-state index contributed by atoms with van der Waals surface area (Å²) in [5, 5.41) is 4.73. The summed E-state index contributed by atoms with van der Waals surface area (Å²) in [6.45, 7) is 4.70. The van der Waals surface area contributed by atoms with Crippen molar-refractivity contribution in [1.29, 1.82) is 0 Å². The highest BCUT2D eigenvalue weighted by Crippen LogP contribution is 2.35. The van der Waals surface area contributed by atoms with Crippen molar-refractivity contribution in [2.75, 3.05) is 5.75 Å². The van der Waals surface area contributed by atoms with Gasteiger partial charge in [0, 0.05) is 23.1 Å². The van der Waals surface area contributed by atoms with E-state index in [9.17, 15) is 0 Å². The molecule has 0 bridgehead atoms. The van der Waals surface area contributed by atoms with Gasteiger partial charge >= 0.3 is 0 Å². The smallest absolute Gasteiger partial charge is 0.0204 e. The highest BCUT2D eigenvalue weighted by Gasteiger charge is 2.33. The fourth-order valence-corrected chi connectivity index (χ4v) is 4.25. The van der Waals surface area contributed by atoms with Crippen LogP contribution in [-0.2, 0) is 0 Å². The number of hydrogen-bond acceptors (Lipinski definition) is 2. The Bertz CT molecular complexity index is 171. The first-order valence-electron chi connectivity index (χ1n) is 5.67. The van der Waals surface area contributed by atoms with E-state index in [-0.39, 0.29) is 0 Å². The molecule has 1 N–H and O–H groups in total. The molecule has 2 heteroatoms. The van der Waals surface area contributed by atoms with Crippen molar-refractivity contribution in [2.45, 2.75) is 56.9 Å². The second-order valence-electron chi connectivity index (χ2n) is 4.67. The van der Waals surface area contributed by atoms with Crippen molar-refractivity contribution in [2.24, 2.45) is 5.92 Å². The predicted octanol–water partition coefficient (Wildman–Crippen LogP) is 2.66. The molecule has 4 unspecified atom stereocenters. The molecule has 13 heavy (non-hydrogen) atoms. The van der Waals surface area contributed by atoms with Crippen LogP contribution >= 0.6 is 11.8 Å². The van der Waals surface area contributed by atoms with E-state index >= 15 is 0 Å². The minimum absolute atomic E-state index is 0.791. The largest absolute Gasteiger partial charge is 0.309 e. The Kier molecular flexibility index (Phi) is 3.20. The standard InChI is InChI=1S/C11H21NS/c1-3-9-7-13-11-6-8(2)4-5-10(11)12-9/h8-12H,3-7H2,1-2H3. The molecule has 2 rings (SSSR count). The van der Waals surface area contributed by atoms with Gasteiger partial charge in [0.1, 0.15) is 0 Å². The van der Waals surface area contributed by atoms with Gasteiger partial charge in [0.15, 0.2) is 0 Å². The van der Waals surface area contributed by atoms with Crippen LogP contribution in [0, 0.1) is 5.92 Å². The third kappa shape index (κ3) is 2.21. The van der Waals surface area contributed by atoms with Crippen molar-refractivity contribution in [1.82, 2.24) is 5.32 Å². The molecule has 2 fully saturated rings. The van der Waals surface area contributed by atoms with Crippen LogP contribution in [0.25, 0.3) is 0 Å². The van der Waals surface area contributed by atoms with Crippen LogP contribution in [0.1, 0.15) is 39.5 Å². The molecule has 0 aromatic carbocycles. The van der Waals surface area contributed by atoms with Crippen LogP contribution < -0.4 is 5.32 Å². The van der Waals surface area contributed by atoms with Gasteiger partial charge in [-0.25, -0.2) is 0 Å². The average molecular weight is 199 g/mol. The van der Waals surface area contributed by atoms with Crippen molar-refractivity contribution in [3.8, 4) is 0 Å². The van der Waals surface area contributed by atoms with Gasteiger partial charge in [0.05, 0.1) is 0 Å². The summed E-state index contributed by atoms with van der Waals surface area (Å²) < 4.78 is 0. The number of thioether (sulfide) groups is 1. The van der Waals surface area contributed by atoms with Crippen molar-refractivity contribution >= 4 is 11.8 Å². The van der Waals surface area contributed by atoms with E-state index in [1.807, 2.05) is 0 Å². The van der Waals surface area contributed by atoms with Crippen LogP contribution in [0.4, 0.5) is 0 Å². The minimum atomic E-state index is 0.791. The van der Waals surface area contributed by atoms with Crippen LogP contribution in [0.2, 0.25) is 0 Å². The maximum absolute atomic E-state index is 3.80. The van der Waals surface area contributed by atoms with Gasteiger partial charge in [0.2, 0.25) is 0 Å². The Hall–Kier alpha value is 0.310. The summed E-state index contributed by atoms with van der Waals surface area (Å²) >= 11 is 2.22. The van der Waals surface area contributed by atoms with E-state index in [1.54, 1.807) is 0 Å². The fourth-order valence-electron chi connectivity index (χ4n) is 2.53. The molecule has 76 valence electrons. The highest BCUT2D eigenvalue weighted by molar-refractivity contribution is 8.00. The second-order valence-corrected chi connectivity index (χ2v) is 5.94. The lowest BCUT2D eigenvalue weighted by Crippen LogP contribution is -2.52. The molecule has 4 atom stereocenters. The van der Waals surface area contributed by atoms with Gasteiger partial charge in [-0.15, -0.1) is 0 Å². The van der Waals surface area contributed by atoms with Gasteiger partial charge in [-0.3, -0.25) is 0 Å². The average Bonchev–Trinajstić information content (AvgIpc) is 2.17. The van der Waals surface area contributed by atoms with Crippen LogP contribution in [0.15, 0.2) is 0 Å². The first kappa shape index (κ1) is 9.85. The Labute approximate surface area is 86.0 Å². The molecular weight excluding hydrogens is 178 g/mol. The van der Waals surface area contributed by atoms with Crippen molar-refractivity contribution in [3.63, 3.8) is 0 Å². The molecule has 0 radical (unpaired) electrons. The lowest BCUT2D eigenvalue weighted by molar-refractivity contribution is 0.289. The maximum atomic E-state index is 3.80. The molecule has 2 aliphatic rings. The first-order valence-corrected chi connectivity index (χ1v) is 6.72. The Balaban J connectivity index is 1.90. The van der Waals surface area contributed by atoms with E-state index in [0.29, 0.717) is 0 Å². The summed E-state index contributed by atoms with van der Waals surface area (Å²) in [6, 6.07) is 1.62. The monoisotopic (exact) mass is 199 g/mol. The van der Waals surface area contributed by atoms with Crippen molar-refractivity contribution in [3.05, 3.63) is 0 Å². The molecule has 1 saturated carbocycles. The molecule has 1 nitrogen and oxygen atoms in total. The Morgan fingerprint density at radius 3 is 3.00 bits per heavy atom. The van der Waals surface area contributed by atoms with E-state index in [1.165, 1.54) is 31.4 Å². The number of hydrogen-bond donors (Lipinski definition) is 1. The van der Waals surface area contributed by atoms with E-state index in [2.05, 4.69) is 30.9 Å². The van der Waals surface area contributed by atoms with Gasteiger partial charge in [0.25, 0.3) is 0 Å². The van der Waals surface area contributed by atoms with E-state index in [0.717, 1.165) is 23.3 Å². The third-order valence-electron chi connectivity index (χ3n) is 3.51. The highest BCUT2D eigenvalue weighted by atomic mass is 32.2. The third-order valence-corrected chi connectivity index (χ3v) is 5.05. The first-order chi connectivity index (χ1) is 6.29. The Morgan fingerprint density at radius 1 is 1.38 bits per heavy atom. The molecule has 1 heterocycles. The van der Waals surface area contributed by atoms with Gasteiger partial charge < -0.3 is 5.32 Å². The maximum Gasteiger partial charge on any atom is 0.0204 e. The molecule has 0 aromatic rings. The van der Waals surface area contributed by atoms with E-state index < -0.39 is 0 Å². The summed E-state index contributed by atoms with van der Waals surface area (Å²) in [4.78, 5) is 0. The zero-order valence-electron chi connectivity index (χ0n) is 8.75. The summed E-state index contributed by atoms with van der Waals surface area (Å²) in [5.74, 6) is 2.30. The predicted molar refractivity (Wildman–Crippen MR) is 60.3 cm³/mol. The summed E-state index contributed by atoms with van der Waals surface area (Å²) in [6.07, 6.45) is 5.59. The topological polar surface area (TPSA) is 12.0 Å². The van der Waals surface area contributed by atoms with Gasteiger partial charge in [-0.2, -0.15) is 11.8 Å². The molecule has 1 aliphatic heterocycles. The number of fused-ring (bicyclic) bond motifs is 1. The van der Waals surface area contributed by atoms with Crippen LogP contribution in [0.3, 0.4) is 0 Å². The lowest BCUT2D eigenvalue weighted by Gasteiger charge is -2.41. The Morgan fingerprint density at radius 2 is 2.23 bits per heavy atom. The van der Waals surface area contributed by atoms with E-state index in [4.69, 9.17) is 0 Å².